The van der Waals surface area contributed by atoms with Crippen LogP contribution in [0.1, 0.15) is 46.0 Å². The molecule has 3 nitrogen and oxygen atoms in total. The second-order valence-corrected chi connectivity index (χ2v) is 4.02. The van der Waals surface area contributed by atoms with Gasteiger partial charge in [-0.15, -0.1) is 0 Å². The van der Waals surface area contributed by atoms with Crippen LogP contribution in [0.5, 0.6) is 0 Å². The number of allylic oxidation sites excluding steroid dienone is 3. The first-order valence-electron chi connectivity index (χ1n) is 5.95. The van der Waals surface area contributed by atoms with Crippen molar-refractivity contribution in [1.29, 1.82) is 0 Å². The van der Waals surface area contributed by atoms with E-state index in [0.29, 0.717) is 0 Å². The molecule has 0 amide bonds. The third kappa shape index (κ3) is 9.44. The van der Waals surface area contributed by atoms with Gasteiger partial charge >= 0.3 is 0 Å². The minimum atomic E-state index is -0.0333. The Hall–Kier alpha value is -1.12. The lowest BCUT2D eigenvalue weighted by Gasteiger charge is -2.06. The molecule has 0 aromatic rings. The van der Waals surface area contributed by atoms with Crippen molar-refractivity contribution < 1.29 is 4.74 Å². The van der Waals surface area contributed by atoms with E-state index in [1.165, 1.54) is 0 Å². The lowest BCUT2D eigenvalue weighted by atomic mass is 10.1. The summed E-state index contributed by atoms with van der Waals surface area (Å²) in [6.07, 6.45) is 8.92. The Morgan fingerprint density at radius 3 is 2.69 bits per heavy atom. The van der Waals surface area contributed by atoms with Crippen LogP contribution in [0.25, 0.3) is 0 Å². The maximum absolute atomic E-state index is 10.1. The molecule has 0 N–H and O–H groups in total. The van der Waals surface area contributed by atoms with E-state index in [9.17, 15) is 4.91 Å². The molecule has 0 heterocycles. The Kier molecular flexibility index (Phi) is 9.67. The summed E-state index contributed by atoms with van der Waals surface area (Å²) in [5, 5.41) is 2.97. The zero-order chi connectivity index (χ0) is 12.2. The van der Waals surface area contributed by atoms with Gasteiger partial charge in [0.05, 0.1) is 18.4 Å². The summed E-state index contributed by atoms with van der Waals surface area (Å²) < 4.78 is 5.45. The van der Waals surface area contributed by atoms with Crippen molar-refractivity contribution in [2.75, 3.05) is 6.61 Å². The van der Waals surface area contributed by atoms with Crippen molar-refractivity contribution in [2.45, 2.75) is 52.0 Å². The number of ether oxygens (including phenoxy) is 1. The van der Waals surface area contributed by atoms with E-state index in [2.05, 4.69) is 11.8 Å². The first kappa shape index (κ1) is 14.9. The second kappa shape index (κ2) is 10.4. The maximum atomic E-state index is 10.1. The molecule has 16 heavy (non-hydrogen) atoms. The van der Waals surface area contributed by atoms with Crippen LogP contribution in [0.4, 0.5) is 0 Å². The van der Waals surface area contributed by atoms with Gasteiger partial charge in [-0.3, -0.25) is 0 Å². The van der Waals surface area contributed by atoms with Crippen LogP contribution in [-0.2, 0) is 4.74 Å². The average molecular weight is 225 g/mol. The summed E-state index contributed by atoms with van der Waals surface area (Å²) in [4.78, 5) is 10.1. The van der Waals surface area contributed by atoms with Crippen LogP contribution in [-0.4, -0.2) is 12.6 Å². The van der Waals surface area contributed by atoms with Crippen molar-refractivity contribution in [1.82, 2.24) is 0 Å². The molecule has 0 spiro atoms. The summed E-state index contributed by atoms with van der Waals surface area (Å²) in [5.74, 6) is 0.911. The number of unbranched alkanes of at least 4 members (excludes halogenated alkanes) is 3. The molecule has 0 aliphatic rings. The number of hydrogen-bond acceptors (Lipinski definition) is 3. The predicted octanol–water partition coefficient (Wildman–Crippen LogP) is 4.20. The Balaban J connectivity index is 3.24. The summed E-state index contributed by atoms with van der Waals surface area (Å²) in [5.41, 5.74) is 0. The fourth-order valence-corrected chi connectivity index (χ4v) is 1.40. The van der Waals surface area contributed by atoms with Gasteiger partial charge in [-0.25, -0.2) is 0 Å². The van der Waals surface area contributed by atoms with Gasteiger partial charge in [0, 0.05) is 0 Å². The van der Waals surface area contributed by atoms with Crippen LogP contribution < -0.4 is 0 Å². The van der Waals surface area contributed by atoms with Crippen LogP contribution >= 0.6 is 0 Å². The summed E-state index contributed by atoms with van der Waals surface area (Å²) in [6, 6.07) is -0.0333. The number of rotatable bonds is 10. The molecule has 0 radical (unpaired) electrons. The Labute approximate surface area is 98.5 Å². The van der Waals surface area contributed by atoms with E-state index in [1.807, 2.05) is 19.9 Å². The van der Waals surface area contributed by atoms with Crippen LogP contribution in [0.3, 0.4) is 0 Å². The number of hydrogen-bond donors (Lipinski definition) is 0. The minimum absolute atomic E-state index is 0.0333. The lowest BCUT2D eigenvalue weighted by Crippen LogP contribution is -1.96. The monoisotopic (exact) mass is 225 g/mol. The Bertz CT molecular complexity index is 224. The zero-order valence-corrected chi connectivity index (χ0v) is 10.4. The van der Waals surface area contributed by atoms with E-state index in [1.54, 1.807) is 6.08 Å². The van der Waals surface area contributed by atoms with Gasteiger partial charge in [-0.1, -0.05) is 37.1 Å². The van der Waals surface area contributed by atoms with Gasteiger partial charge in [-0.2, -0.15) is 4.91 Å². The van der Waals surface area contributed by atoms with Gasteiger partial charge in [0.15, 0.2) is 0 Å². The molecule has 0 aromatic carbocycles. The van der Waals surface area contributed by atoms with Crippen LogP contribution in [0.2, 0.25) is 0 Å². The zero-order valence-electron chi connectivity index (χ0n) is 10.4. The molecule has 0 fully saturated rings. The van der Waals surface area contributed by atoms with Crippen LogP contribution in [0, 0.1) is 4.91 Å². The largest absolute Gasteiger partial charge is 0.498 e. The SMILES string of the molecule is C=CC=C(C)OCCCCCCC(C)N=O. The fourth-order valence-electron chi connectivity index (χ4n) is 1.40. The highest BCUT2D eigenvalue weighted by atomic mass is 16.5. The molecule has 1 unspecified atom stereocenters. The second-order valence-electron chi connectivity index (χ2n) is 4.02. The molecule has 3 heteroatoms. The van der Waals surface area contributed by atoms with E-state index < -0.39 is 0 Å². The number of nitroso groups, excluding NO2 is 1. The topological polar surface area (TPSA) is 38.7 Å². The third-order valence-corrected chi connectivity index (χ3v) is 2.38. The molecular formula is C13H23NO2. The minimum Gasteiger partial charge on any atom is -0.498 e. The molecule has 0 bridgehead atoms. The normalized spacial score (nSPS) is 13.2. The predicted molar refractivity (Wildman–Crippen MR) is 68.2 cm³/mol. The van der Waals surface area contributed by atoms with Crippen molar-refractivity contribution >= 4 is 0 Å². The molecule has 1 atom stereocenters. The summed E-state index contributed by atoms with van der Waals surface area (Å²) in [6.45, 7) is 8.16. The first-order valence-corrected chi connectivity index (χ1v) is 5.95. The maximum Gasteiger partial charge on any atom is 0.0928 e. The number of nitrogens with zero attached hydrogens (tertiary/aromatic N) is 1. The van der Waals surface area contributed by atoms with Crippen molar-refractivity contribution in [3.05, 3.63) is 29.4 Å². The van der Waals surface area contributed by atoms with Gasteiger partial charge in [0.2, 0.25) is 0 Å². The van der Waals surface area contributed by atoms with Gasteiger partial charge in [-0.05, 0) is 32.8 Å². The molecule has 0 aromatic heterocycles. The first-order chi connectivity index (χ1) is 7.70. The highest BCUT2D eigenvalue weighted by Gasteiger charge is 1.99. The van der Waals surface area contributed by atoms with Gasteiger partial charge in [0.25, 0.3) is 0 Å². The Morgan fingerprint density at radius 1 is 1.38 bits per heavy atom. The molecule has 0 aliphatic heterocycles. The van der Waals surface area contributed by atoms with Crippen molar-refractivity contribution in [3.63, 3.8) is 0 Å². The average Bonchev–Trinajstić information content (AvgIpc) is 2.27. The van der Waals surface area contributed by atoms with Gasteiger partial charge in [0.1, 0.15) is 0 Å². The van der Waals surface area contributed by atoms with E-state index in [0.717, 1.165) is 44.5 Å². The third-order valence-electron chi connectivity index (χ3n) is 2.38. The summed E-state index contributed by atoms with van der Waals surface area (Å²) in [7, 11) is 0. The molecule has 0 saturated heterocycles. The van der Waals surface area contributed by atoms with E-state index in [-0.39, 0.29) is 6.04 Å². The molecule has 0 saturated carbocycles. The van der Waals surface area contributed by atoms with Gasteiger partial charge < -0.3 is 4.74 Å². The smallest absolute Gasteiger partial charge is 0.0928 e. The molecule has 0 aliphatic carbocycles. The molecule has 0 rings (SSSR count). The van der Waals surface area contributed by atoms with Crippen LogP contribution in [0.15, 0.2) is 29.7 Å². The Morgan fingerprint density at radius 2 is 2.06 bits per heavy atom. The highest BCUT2D eigenvalue weighted by Crippen LogP contribution is 2.08. The molecule has 92 valence electrons. The summed E-state index contributed by atoms with van der Waals surface area (Å²) >= 11 is 0. The van der Waals surface area contributed by atoms with Crippen molar-refractivity contribution in [2.24, 2.45) is 5.18 Å². The lowest BCUT2D eigenvalue weighted by molar-refractivity contribution is 0.207. The van der Waals surface area contributed by atoms with Crippen molar-refractivity contribution in [3.8, 4) is 0 Å². The highest BCUT2D eigenvalue weighted by molar-refractivity contribution is 5.01. The van der Waals surface area contributed by atoms with E-state index in [4.69, 9.17) is 4.74 Å². The quantitative estimate of drug-likeness (QED) is 0.242. The fraction of sp³-hybridized carbons (Fsp3) is 0.692. The van der Waals surface area contributed by atoms with E-state index >= 15 is 0 Å². The molecular weight excluding hydrogens is 202 g/mol. The standard InChI is InChI=1S/C13H23NO2/c1-4-9-13(3)16-11-8-6-5-7-10-12(2)14-15/h4,9,12H,1,5-8,10-11H2,2-3H3.